The monoisotopic (exact) mass is 324 g/mol. The summed E-state index contributed by atoms with van der Waals surface area (Å²) in [5.41, 5.74) is 2.67. The highest BCUT2D eigenvalue weighted by atomic mass is 16.5. The van der Waals surface area contributed by atoms with Crippen molar-refractivity contribution in [3.63, 3.8) is 0 Å². The fourth-order valence-corrected chi connectivity index (χ4v) is 2.68. The summed E-state index contributed by atoms with van der Waals surface area (Å²) < 4.78 is 5.41. The first-order valence-corrected chi connectivity index (χ1v) is 7.85. The largest absolute Gasteiger partial charge is 0.482 e. The Morgan fingerprint density at radius 3 is 2.67 bits per heavy atom. The Morgan fingerprint density at radius 2 is 1.92 bits per heavy atom. The molecule has 124 valence electrons. The van der Waals surface area contributed by atoms with Crippen LogP contribution in [-0.4, -0.2) is 37.4 Å². The molecule has 1 heterocycles. The molecule has 0 radical (unpaired) electrons. The van der Waals surface area contributed by atoms with Gasteiger partial charge in [-0.2, -0.15) is 0 Å². The predicted octanol–water partition coefficient (Wildman–Crippen LogP) is 2.24. The Bertz CT molecular complexity index is 758. The van der Waals surface area contributed by atoms with Gasteiger partial charge in [0.1, 0.15) is 5.75 Å². The molecule has 0 saturated heterocycles. The van der Waals surface area contributed by atoms with E-state index in [4.69, 9.17) is 4.74 Å². The normalized spacial score (nSPS) is 13.2. The van der Waals surface area contributed by atoms with Crippen LogP contribution in [0.1, 0.15) is 11.1 Å². The quantitative estimate of drug-likeness (QED) is 0.867. The number of rotatable bonds is 4. The number of ether oxygens (including phenoxy) is 1. The van der Waals surface area contributed by atoms with E-state index in [1.165, 1.54) is 0 Å². The maximum Gasteiger partial charge on any atom is 0.264 e. The van der Waals surface area contributed by atoms with Crippen LogP contribution in [0.15, 0.2) is 48.5 Å². The van der Waals surface area contributed by atoms with Crippen LogP contribution in [0.4, 0.5) is 5.69 Å². The summed E-state index contributed by atoms with van der Waals surface area (Å²) in [7, 11) is 3.52. The first kappa shape index (κ1) is 16.1. The Labute approximate surface area is 141 Å². The van der Waals surface area contributed by atoms with E-state index in [9.17, 15) is 9.59 Å². The molecule has 0 bridgehead atoms. The second-order valence-electron chi connectivity index (χ2n) is 5.96. The van der Waals surface area contributed by atoms with Gasteiger partial charge in [-0.15, -0.1) is 0 Å². The summed E-state index contributed by atoms with van der Waals surface area (Å²) >= 11 is 0. The van der Waals surface area contributed by atoms with E-state index >= 15 is 0 Å². The molecule has 0 atom stereocenters. The van der Waals surface area contributed by atoms with Gasteiger partial charge in [-0.05, 0) is 23.3 Å². The van der Waals surface area contributed by atoms with Gasteiger partial charge in [-0.1, -0.05) is 36.4 Å². The van der Waals surface area contributed by atoms with E-state index in [-0.39, 0.29) is 18.4 Å². The molecule has 24 heavy (non-hydrogen) atoms. The van der Waals surface area contributed by atoms with Crippen LogP contribution in [-0.2, 0) is 22.6 Å². The second kappa shape index (κ2) is 6.74. The van der Waals surface area contributed by atoms with E-state index in [1.807, 2.05) is 48.5 Å². The van der Waals surface area contributed by atoms with Crippen LogP contribution in [0.2, 0.25) is 0 Å². The maximum atomic E-state index is 12.4. The lowest BCUT2D eigenvalue weighted by Gasteiger charge is -2.26. The van der Waals surface area contributed by atoms with Gasteiger partial charge in [0.25, 0.3) is 5.91 Å². The van der Waals surface area contributed by atoms with Crippen molar-refractivity contribution in [2.45, 2.75) is 13.0 Å². The van der Waals surface area contributed by atoms with Gasteiger partial charge in [0.05, 0.1) is 12.1 Å². The molecule has 5 heteroatoms. The molecule has 5 nitrogen and oxygen atoms in total. The minimum Gasteiger partial charge on any atom is -0.482 e. The highest BCUT2D eigenvalue weighted by Crippen LogP contribution is 2.32. The summed E-state index contributed by atoms with van der Waals surface area (Å²) in [6.45, 7) is 0.633. The van der Waals surface area contributed by atoms with Gasteiger partial charge in [-0.3, -0.25) is 9.59 Å². The smallest absolute Gasteiger partial charge is 0.264 e. The van der Waals surface area contributed by atoms with Gasteiger partial charge in [0.15, 0.2) is 6.61 Å². The van der Waals surface area contributed by atoms with Crippen LogP contribution in [0.3, 0.4) is 0 Å². The SMILES string of the molecule is CN(Cc1ccccc1)C(=O)Cc1ccc2c(c1)N(C)C(=O)CO2. The Balaban J connectivity index is 1.69. The van der Waals surface area contributed by atoms with Gasteiger partial charge in [0.2, 0.25) is 5.91 Å². The van der Waals surface area contributed by atoms with Gasteiger partial charge < -0.3 is 14.5 Å². The molecule has 2 amide bonds. The number of fused-ring (bicyclic) bond motifs is 1. The molecule has 0 unspecified atom stereocenters. The van der Waals surface area contributed by atoms with Gasteiger partial charge >= 0.3 is 0 Å². The van der Waals surface area contributed by atoms with E-state index in [0.717, 1.165) is 11.1 Å². The average Bonchev–Trinajstić information content (AvgIpc) is 2.59. The summed E-state index contributed by atoms with van der Waals surface area (Å²) in [5, 5.41) is 0. The van der Waals surface area contributed by atoms with Crippen LogP contribution < -0.4 is 9.64 Å². The molecule has 1 aliphatic heterocycles. The third-order valence-corrected chi connectivity index (χ3v) is 4.15. The number of benzene rings is 2. The fourth-order valence-electron chi connectivity index (χ4n) is 2.68. The molecule has 0 N–H and O–H groups in total. The number of amides is 2. The van der Waals surface area contributed by atoms with Crippen molar-refractivity contribution in [1.29, 1.82) is 0 Å². The fraction of sp³-hybridized carbons (Fsp3) is 0.263. The summed E-state index contributed by atoms with van der Waals surface area (Å²) in [6, 6.07) is 15.4. The van der Waals surface area contributed by atoms with Crippen LogP contribution >= 0.6 is 0 Å². The number of anilines is 1. The van der Waals surface area contributed by atoms with Crippen molar-refractivity contribution >= 4 is 17.5 Å². The molecule has 2 aromatic rings. The third kappa shape index (κ3) is 3.40. The van der Waals surface area contributed by atoms with Gasteiger partial charge in [0, 0.05) is 20.6 Å². The molecular formula is C19H20N2O3. The lowest BCUT2D eigenvalue weighted by molar-refractivity contribution is -0.129. The van der Waals surface area contributed by atoms with E-state index in [1.54, 1.807) is 23.9 Å². The standard InChI is InChI=1S/C19H20N2O3/c1-20(12-14-6-4-3-5-7-14)18(22)11-15-8-9-17-16(10-15)21(2)19(23)13-24-17/h3-10H,11-13H2,1-2H3. The minimum absolute atomic E-state index is 0.0320. The number of carbonyl (C=O) groups excluding carboxylic acids is 2. The molecule has 0 aromatic heterocycles. The van der Waals surface area contributed by atoms with Crippen molar-refractivity contribution in [3.05, 3.63) is 59.7 Å². The van der Waals surface area contributed by atoms with Crippen LogP contribution in [0.5, 0.6) is 5.75 Å². The predicted molar refractivity (Wildman–Crippen MR) is 92.0 cm³/mol. The van der Waals surface area contributed by atoms with Crippen LogP contribution in [0.25, 0.3) is 0 Å². The van der Waals surface area contributed by atoms with Crippen molar-refractivity contribution in [1.82, 2.24) is 4.90 Å². The van der Waals surface area contributed by atoms with Gasteiger partial charge in [-0.25, -0.2) is 0 Å². The second-order valence-corrected chi connectivity index (χ2v) is 5.96. The zero-order valence-electron chi connectivity index (χ0n) is 13.9. The number of hydrogen-bond acceptors (Lipinski definition) is 3. The first-order chi connectivity index (χ1) is 11.5. The number of nitrogens with zero attached hydrogens (tertiary/aromatic N) is 2. The van der Waals surface area contributed by atoms with Crippen molar-refractivity contribution in [2.75, 3.05) is 25.6 Å². The maximum absolute atomic E-state index is 12.4. The number of hydrogen-bond donors (Lipinski definition) is 0. The lowest BCUT2D eigenvalue weighted by atomic mass is 10.1. The Kier molecular flexibility index (Phi) is 4.51. The lowest BCUT2D eigenvalue weighted by Crippen LogP contribution is -2.35. The Hall–Kier alpha value is -2.82. The van der Waals surface area contributed by atoms with E-state index in [2.05, 4.69) is 0 Å². The molecular weight excluding hydrogens is 304 g/mol. The molecule has 1 aliphatic rings. The molecule has 0 saturated carbocycles. The first-order valence-electron chi connectivity index (χ1n) is 7.85. The highest BCUT2D eigenvalue weighted by molar-refractivity contribution is 5.97. The van der Waals surface area contributed by atoms with Crippen LogP contribution in [0, 0.1) is 0 Å². The molecule has 3 rings (SSSR count). The molecule has 0 spiro atoms. The van der Waals surface area contributed by atoms with Crippen molar-refractivity contribution in [3.8, 4) is 5.75 Å². The number of carbonyl (C=O) groups is 2. The van der Waals surface area contributed by atoms with E-state index < -0.39 is 0 Å². The van der Waals surface area contributed by atoms with E-state index in [0.29, 0.717) is 24.4 Å². The van der Waals surface area contributed by atoms with Crippen molar-refractivity contribution in [2.24, 2.45) is 0 Å². The minimum atomic E-state index is -0.0906. The third-order valence-electron chi connectivity index (χ3n) is 4.15. The average molecular weight is 324 g/mol. The molecule has 2 aromatic carbocycles. The zero-order chi connectivity index (χ0) is 17.1. The summed E-state index contributed by atoms with van der Waals surface area (Å²) in [6.07, 6.45) is 0.290. The topological polar surface area (TPSA) is 49.9 Å². The number of likely N-dealkylation sites (N-methyl/N-ethyl adjacent to an activating group) is 2. The molecule has 0 aliphatic carbocycles. The summed E-state index contributed by atoms with van der Waals surface area (Å²) in [5.74, 6) is 0.614. The highest BCUT2D eigenvalue weighted by Gasteiger charge is 2.22. The van der Waals surface area contributed by atoms with Crippen molar-refractivity contribution < 1.29 is 14.3 Å². The Morgan fingerprint density at radius 1 is 1.17 bits per heavy atom. The zero-order valence-corrected chi connectivity index (χ0v) is 13.9. The molecule has 0 fully saturated rings. The summed E-state index contributed by atoms with van der Waals surface area (Å²) in [4.78, 5) is 27.5.